The Morgan fingerprint density at radius 2 is 2.17 bits per heavy atom. The van der Waals surface area contributed by atoms with Crippen LogP contribution in [0.2, 0.25) is 0 Å². The molecule has 12 heavy (non-hydrogen) atoms. The van der Waals surface area contributed by atoms with Gasteiger partial charge in [0.1, 0.15) is 0 Å². The van der Waals surface area contributed by atoms with E-state index < -0.39 is 0 Å². The molecule has 2 unspecified atom stereocenters. The zero-order valence-electron chi connectivity index (χ0n) is 7.85. The van der Waals surface area contributed by atoms with Crippen LogP contribution < -0.4 is 5.73 Å². The molecule has 2 saturated carbocycles. The molecule has 0 bridgehead atoms. The van der Waals surface area contributed by atoms with Gasteiger partial charge in [0.2, 0.25) is 0 Å². The number of ketones is 1. The standard InChI is InChI=1S/C10H15NO/c1-5(11)8-7(12)4-6-9(8)10(6,2)3/h6,9H,4,11H2,1-3H3/b8-5-. The van der Waals surface area contributed by atoms with Gasteiger partial charge in [-0.1, -0.05) is 13.8 Å². The number of hydrogen-bond donors (Lipinski definition) is 1. The SMILES string of the molecule is C/C(N)=C1\C(=O)CC2C1C2(C)C. The number of Topliss-reactive ketones (excluding diaryl/α,β-unsaturated/α-hetero) is 1. The van der Waals surface area contributed by atoms with Crippen LogP contribution in [0.1, 0.15) is 27.2 Å². The molecule has 2 atom stereocenters. The molecule has 2 N–H and O–H groups in total. The van der Waals surface area contributed by atoms with Crippen LogP contribution >= 0.6 is 0 Å². The molecule has 2 aliphatic carbocycles. The van der Waals surface area contributed by atoms with E-state index in [-0.39, 0.29) is 5.78 Å². The minimum Gasteiger partial charge on any atom is -0.402 e. The molecule has 2 aliphatic rings. The van der Waals surface area contributed by atoms with Gasteiger partial charge in [0.25, 0.3) is 0 Å². The third kappa shape index (κ3) is 0.728. The monoisotopic (exact) mass is 165 g/mol. The smallest absolute Gasteiger partial charge is 0.161 e. The lowest BCUT2D eigenvalue weighted by Gasteiger charge is -2.09. The summed E-state index contributed by atoms with van der Waals surface area (Å²) in [5, 5.41) is 0. The first-order valence-corrected chi connectivity index (χ1v) is 4.45. The fraction of sp³-hybridized carbons (Fsp3) is 0.700. The largest absolute Gasteiger partial charge is 0.402 e. The van der Waals surface area contributed by atoms with E-state index in [0.29, 0.717) is 17.3 Å². The first kappa shape index (κ1) is 7.84. The van der Waals surface area contributed by atoms with Gasteiger partial charge in [0.05, 0.1) is 0 Å². The third-order valence-electron chi connectivity index (χ3n) is 3.49. The van der Waals surface area contributed by atoms with E-state index in [0.717, 1.165) is 17.7 Å². The number of fused-ring (bicyclic) bond motifs is 1. The Morgan fingerprint density at radius 3 is 2.50 bits per heavy atom. The van der Waals surface area contributed by atoms with Crippen LogP contribution in [0.3, 0.4) is 0 Å². The molecular formula is C10H15NO. The molecular weight excluding hydrogens is 150 g/mol. The van der Waals surface area contributed by atoms with Crippen molar-refractivity contribution >= 4 is 5.78 Å². The van der Waals surface area contributed by atoms with E-state index in [2.05, 4.69) is 13.8 Å². The van der Waals surface area contributed by atoms with E-state index in [1.165, 1.54) is 0 Å². The first-order valence-electron chi connectivity index (χ1n) is 4.45. The molecule has 2 nitrogen and oxygen atoms in total. The Bertz CT molecular complexity index is 284. The van der Waals surface area contributed by atoms with Gasteiger partial charge in [-0.25, -0.2) is 0 Å². The summed E-state index contributed by atoms with van der Waals surface area (Å²) in [6.45, 7) is 6.28. The predicted molar refractivity (Wildman–Crippen MR) is 47.3 cm³/mol. The normalized spacial score (nSPS) is 41.1. The first-order chi connectivity index (χ1) is 5.46. The molecule has 0 aliphatic heterocycles. The second-order valence-electron chi connectivity index (χ2n) is 4.63. The van der Waals surface area contributed by atoms with Crippen LogP contribution in [0, 0.1) is 17.3 Å². The zero-order chi connectivity index (χ0) is 9.09. The van der Waals surface area contributed by atoms with Gasteiger partial charge in [-0.05, 0) is 24.2 Å². The highest BCUT2D eigenvalue weighted by Gasteiger charge is 2.65. The van der Waals surface area contributed by atoms with Crippen LogP contribution in [0.15, 0.2) is 11.3 Å². The topological polar surface area (TPSA) is 43.1 Å². The van der Waals surface area contributed by atoms with Crippen molar-refractivity contribution in [2.24, 2.45) is 23.0 Å². The predicted octanol–water partition coefficient (Wildman–Crippen LogP) is 1.46. The van der Waals surface area contributed by atoms with Gasteiger partial charge in [-0.3, -0.25) is 4.79 Å². The van der Waals surface area contributed by atoms with Crippen LogP contribution in [0.4, 0.5) is 0 Å². The van der Waals surface area contributed by atoms with Crippen molar-refractivity contribution in [2.45, 2.75) is 27.2 Å². The number of nitrogens with two attached hydrogens (primary N) is 1. The van der Waals surface area contributed by atoms with Gasteiger partial charge < -0.3 is 5.73 Å². The Kier molecular flexibility index (Phi) is 1.26. The summed E-state index contributed by atoms with van der Waals surface area (Å²) in [5.41, 5.74) is 7.68. The highest BCUT2D eigenvalue weighted by molar-refractivity contribution is 6.01. The summed E-state index contributed by atoms with van der Waals surface area (Å²) < 4.78 is 0. The van der Waals surface area contributed by atoms with Gasteiger partial charge in [0.15, 0.2) is 5.78 Å². The van der Waals surface area contributed by atoms with Crippen LogP contribution in [0.25, 0.3) is 0 Å². The third-order valence-corrected chi connectivity index (χ3v) is 3.49. The molecule has 2 rings (SSSR count). The summed E-state index contributed by atoms with van der Waals surface area (Å²) in [6.07, 6.45) is 0.724. The Balaban J connectivity index is 2.37. The molecule has 0 radical (unpaired) electrons. The molecule has 66 valence electrons. The van der Waals surface area contributed by atoms with Gasteiger partial charge in [-0.15, -0.1) is 0 Å². The molecule has 0 saturated heterocycles. The molecule has 0 heterocycles. The fourth-order valence-electron chi connectivity index (χ4n) is 2.65. The van der Waals surface area contributed by atoms with Crippen molar-refractivity contribution in [2.75, 3.05) is 0 Å². The van der Waals surface area contributed by atoms with Crippen molar-refractivity contribution < 1.29 is 4.79 Å². The van der Waals surface area contributed by atoms with Crippen molar-refractivity contribution in [3.63, 3.8) is 0 Å². The maximum Gasteiger partial charge on any atom is 0.161 e. The van der Waals surface area contributed by atoms with Crippen molar-refractivity contribution in [3.05, 3.63) is 11.3 Å². The fourth-order valence-corrected chi connectivity index (χ4v) is 2.65. The molecule has 0 spiro atoms. The lowest BCUT2D eigenvalue weighted by Crippen LogP contribution is -2.12. The molecule has 2 fully saturated rings. The molecule has 2 heteroatoms. The number of allylic oxidation sites excluding steroid dienone is 2. The van der Waals surface area contributed by atoms with Gasteiger partial charge in [-0.2, -0.15) is 0 Å². The van der Waals surface area contributed by atoms with Crippen LogP contribution in [-0.4, -0.2) is 5.78 Å². The number of hydrogen-bond acceptors (Lipinski definition) is 2. The maximum atomic E-state index is 11.4. The van der Waals surface area contributed by atoms with E-state index >= 15 is 0 Å². The average molecular weight is 165 g/mol. The zero-order valence-corrected chi connectivity index (χ0v) is 7.85. The molecule has 0 amide bonds. The Hall–Kier alpha value is -0.790. The van der Waals surface area contributed by atoms with Gasteiger partial charge >= 0.3 is 0 Å². The number of rotatable bonds is 0. The molecule has 0 aromatic heterocycles. The minimum atomic E-state index is 0.282. The van der Waals surface area contributed by atoms with E-state index in [9.17, 15) is 4.79 Å². The van der Waals surface area contributed by atoms with E-state index in [4.69, 9.17) is 5.73 Å². The molecule has 0 aromatic carbocycles. The Morgan fingerprint density at radius 1 is 1.58 bits per heavy atom. The highest BCUT2D eigenvalue weighted by Crippen LogP contribution is 2.67. The number of carbonyl (C=O) groups excluding carboxylic acids is 1. The summed E-state index contributed by atoms with van der Waals surface area (Å²) in [7, 11) is 0. The lowest BCUT2D eigenvalue weighted by molar-refractivity contribution is -0.115. The van der Waals surface area contributed by atoms with Gasteiger partial charge in [0, 0.05) is 17.7 Å². The number of carbonyl (C=O) groups is 1. The Labute approximate surface area is 72.8 Å². The summed E-state index contributed by atoms with van der Waals surface area (Å²) in [4.78, 5) is 11.4. The highest BCUT2D eigenvalue weighted by atomic mass is 16.1. The molecule has 0 aromatic rings. The summed E-state index contributed by atoms with van der Waals surface area (Å²) >= 11 is 0. The van der Waals surface area contributed by atoms with E-state index in [1.54, 1.807) is 0 Å². The average Bonchev–Trinajstić information content (AvgIpc) is 2.40. The van der Waals surface area contributed by atoms with Crippen molar-refractivity contribution in [1.29, 1.82) is 0 Å². The van der Waals surface area contributed by atoms with Crippen LogP contribution in [0.5, 0.6) is 0 Å². The van der Waals surface area contributed by atoms with E-state index in [1.807, 2.05) is 6.92 Å². The van der Waals surface area contributed by atoms with Crippen molar-refractivity contribution in [3.8, 4) is 0 Å². The lowest BCUT2D eigenvalue weighted by atomic mass is 9.95. The van der Waals surface area contributed by atoms with Crippen LogP contribution in [-0.2, 0) is 4.79 Å². The second-order valence-corrected chi connectivity index (χ2v) is 4.63. The summed E-state index contributed by atoms with van der Waals surface area (Å²) in [5.74, 6) is 1.33. The second kappa shape index (κ2) is 1.93. The quantitative estimate of drug-likeness (QED) is 0.552. The summed E-state index contributed by atoms with van der Waals surface area (Å²) in [6, 6.07) is 0. The maximum absolute atomic E-state index is 11.4. The van der Waals surface area contributed by atoms with Crippen molar-refractivity contribution in [1.82, 2.24) is 0 Å². The minimum absolute atomic E-state index is 0.282.